The first kappa shape index (κ1) is 16.4. The van der Waals surface area contributed by atoms with Gasteiger partial charge in [0, 0.05) is 20.7 Å². The number of hydrogen-bond donors (Lipinski definition) is 0. The van der Waals surface area contributed by atoms with Crippen LogP contribution in [0.15, 0.2) is 0 Å². The van der Waals surface area contributed by atoms with Crippen molar-refractivity contribution in [2.75, 3.05) is 27.3 Å². The zero-order chi connectivity index (χ0) is 12.9. The summed E-state index contributed by atoms with van der Waals surface area (Å²) in [6, 6.07) is 0. The highest BCUT2D eigenvalue weighted by molar-refractivity contribution is 5.76. The highest BCUT2D eigenvalue weighted by Gasteiger charge is 2.02. The number of nitrogens with zero attached hydrogens (tertiary/aromatic N) is 1. The number of hydrogen-bond acceptors (Lipinski definition) is 2. The molecule has 0 aliphatic rings. The topological polar surface area (TPSA) is 29.5 Å². The molecule has 0 aliphatic heterocycles. The fraction of sp³-hybridized carbons (Fsp3) is 0.929. The highest BCUT2D eigenvalue weighted by atomic mass is 16.5. The Hall–Kier alpha value is -0.570. The van der Waals surface area contributed by atoms with Gasteiger partial charge in [0.05, 0.1) is 0 Å². The molecule has 17 heavy (non-hydrogen) atoms. The number of ether oxygens (including phenoxy) is 1. The minimum absolute atomic E-state index is 0.0459. The molecular weight excluding hydrogens is 214 g/mol. The molecule has 0 atom stereocenters. The van der Waals surface area contributed by atoms with Crippen LogP contribution in [0.5, 0.6) is 0 Å². The maximum Gasteiger partial charge on any atom is 0.248 e. The number of carbonyl (C=O) groups excluding carboxylic acids is 1. The van der Waals surface area contributed by atoms with Crippen LogP contribution in [-0.2, 0) is 9.53 Å². The SMILES string of the molecule is CCCCCCCCCCOCC(=O)N(C)C. The van der Waals surface area contributed by atoms with Crippen molar-refractivity contribution in [3.8, 4) is 0 Å². The van der Waals surface area contributed by atoms with Gasteiger partial charge in [-0.25, -0.2) is 0 Å². The van der Waals surface area contributed by atoms with E-state index in [1.165, 1.54) is 44.9 Å². The summed E-state index contributed by atoms with van der Waals surface area (Å²) < 4.78 is 5.31. The Morgan fingerprint density at radius 1 is 0.941 bits per heavy atom. The van der Waals surface area contributed by atoms with Crippen LogP contribution in [0.25, 0.3) is 0 Å². The normalized spacial score (nSPS) is 10.5. The molecule has 0 aromatic carbocycles. The van der Waals surface area contributed by atoms with E-state index in [1.54, 1.807) is 19.0 Å². The summed E-state index contributed by atoms with van der Waals surface area (Å²) >= 11 is 0. The van der Waals surface area contributed by atoms with Crippen molar-refractivity contribution in [3.63, 3.8) is 0 Å². The van der Waals surface area contributed by atoms with Crippen LogP contribution in [-0.4, -0.2) is 38.1 Å². The fourth-order valence-corrected chi connectivity index (χ4v) is 1.63. The Morgan fingerprint density at radius 2 is 1.47 bits per heavy atom. The molecule has 0 rings (SSSR count). The molecule has 0 unspecified atom stereocenters. The molecule has 0 aromatic heterocycles. The van der Waals surface area contributed by atoms with Crippen molar-refractivity contribution >= 4 is 5.91 Å². The molecule has 3 heteroatoms. The first-order chi connectivity index (χ1) is 8.18. The first-order valence-electron chi connectivity index (χ1n) is 6.96. The molecule has 0 saturated heterocycles. The molecular formula is C14H29NO2. The van der Waals surface area contributed by atoms with Crippen LogP contribution in [0.1, 0.15) is 58.3 Å². The lowest BCUT2D eigenvalue weighted by atomic mass is 10.1. The third-order valence-electron chi connectivity index (χ3n) is 2.87. The van der Waals surface area contributed by atoms with Crippen molar-refractivity contribution in [2.45, 2.75) is 58.3 Å². The van der Waals surface area contributed by atoms with Gasteiger partial charge in [-0.3, -0.25) is 4.79 Å². The summed E-state index contributed by atoms with van der Waals surface area (Å²) in [4.78, 5) is 12.7. The molecule has 102 valence electrons. The van der Waals surface area contributed by atoms with Crippen molar-refractivity contribution in [1.29, 1.82) is 0 Å². The van der Waals surface area contributed by atoms with Gasteiger partial charge in [-0.05, 0) is 6.42 Å². The summed E-state index contributed by atoms with van der Waals surface area (Å²) in [6.45, 7) is 3.18. The summed E-state index contributed by atoms with van der Waals surface area (Å²) in [5.41, 5.74) is 0. The second-order valence-electron chi connectivity index (χ2n) is 4.82. The lowest BCUT2D eigenvalue weighted by Gasteiger charge is -2.10. The van der Waals surface area contributed by atoms with Gasteiger partial charge in [-0.2, -0.15) is 0 Å². The van der Waals surface area contributed by atoms with Crippen LogP contribution in [0.3, 0.4) is 0 Å². The second-order valence-corrected chi connectivity index (χ2v) is 4.82. The predicted molar refractivity (Wildman–Crippen MR) is 72.1 cm³/mol. The monoisotopic (exact) mass is 243 g/mol. The number of unbranched alkanes of at least 4 members (excludes halogenated alkanes) is 7. The molecule has 0 radical (unpaired) electrons. The van der Waals surface area contributed by atoms with Crippen molar-refractivity contribution < 1.29 is 9.53 Å². The number of amides is 1. The third-order valence-corrected chi connectivity index (χ3v) is 2.87. The molecule has 0 aromatic rings. The molecule has 0 bridgehead atoms. The van der Waals surface area contributed by atoms with Crippen LogP contribution in [0, 0.1) is 0 Å². The Morgan fingerprint density at radius 3 is 2.00 bits per heavy atom. The van der Waals surface area contributed by atoms with Gasteiger partial charge >= 0.3 is 0 Å². The van der Waals surface area contributed by atoms with Crippen molar-refractivity contribution in [1.82, 2.24) is 4.90 Å². The minimum atomic E-state index is 0.0459. The second kappa shape index (κ2) is 11.9. The first-order valence-corrected chi connectivity index (χ1v) is 6.96. The molecule has 0 spiro atoms. The average molecular weight is 243 g/mol. The fourth-order valence-electron chi connectivity index (χ4n) is 1.63. The molecule has 0 aliphatic carbocycles. The lowest BCUT2D eigenvalue weighted by molar-refractivity contribution is -0.133. The largest absolute Gasteiger partial charge is 0.372 e. The maximum atomic E-state index is 11.2. The van der Waals surface area contributed by atoms with Gasteiger partial charge in [0.2, 0.25) is 5.91 Å². The van der Waals surface area contributed by atoms with E-state index in [-0.39, 0.29) is 12.5 Å². The van der Waals surface area contributed by atoms with Crippen molar-refractivity contribution in [3.05, 3.63) is 0 Å². The Labute approximate surface area is 107 Å². The number of rotatable bonds is 11. The molecule has 0 heterocycles. The zero-order valence-corrected chi connectivity index (χ0v) is 11.8. The van der Waals surface area contributed by atoms with E-state index in [1.807, 2.05) is 0 Å². The van der Waals surface area contributed by atoms with E-state index < -0.39 is 0 Å². The molecule has 0 N–H and O–H groups in total. The van der Waals surface area contributed by atoms with Crippen LogP contribution < -0.4 is 0 Å². The molecule has 1 amide bonds. The van der Waals surface area contributed by atoms with E-state index >= 15 is 0 Å². The predicted octanol–water partition coefficient (Wildman–Crippen LogP) is 3.23. The van der Waals surface area contributed by atoms with Crippen LogP contribution in [0.4, 0.5) is 0 Å². The van der Waals surface area contributed by atoms with Gasteiger partial charge in [0.25, 0.3) is 0 Å². The molecule has 0 saturated carbocycles. The molecule has 0 fully saturated rings. The van der Waals surface area contributed by atoms with Gasteiger partial charge in [-0.1, -0.05) is 51.9 Å². The standard InChI is InChI=1S/C14H29NO2/c1-4-5-6-7-8-9-10-11-12-17-13-14(16)15(2)3/h4-13H2,1-3H3. The van der Waals surface area contributed by atoms with E-state index in [4.69, 9.17) is 4.74 Å². The van der Waals surface area contributed by atoms with E-state index in [9.17, 15) is 4.79 Å². The average Bonchev–Trinajstić information content (AvgIpc) is 2.31. The summed E-state index contributed by atoms with van der Waals surface area (Å²) in [6.07, 6.45) is 10.4. The number of carbonyl (C=O) groups is 1. The van der Waals surface area contributed by atoms with Gasteiger partial charge in [-0.15, -0.1) is 0 Å². The Balaban J connectivity index is 3.06. The van der Waals surface area contributed by atoms with Crippen LogP contribution >= 0.6 is 0 Å². The number of likely N-dealkylation sites (N-methyl/N-ethyl adjacent to an activating group) is 1. The Bertz CT molecular complexity index is 181. The van der Waals surface area contributed by atoms with E-state index in [0.29, 0.717) is 6.61 Å². The van der Waals surface area contributed by atoms with Crippen molar-refractivity contribution in [2.24, 2.45) is 0 Å². The van der Waals surface area contributed by atoms with E-state index in [2.05, 4.69) is 6.92 Å². The minimum Gasteiger partial charge on any atom is -0.372 e. The Kier molecular flexibility index (Phi) is 11.5. The smallest absolute Gasteiger partial charge is 0.248 e. The summed E-state index contributed by atoms with van der Waals surface area (Å²) in [7, 11) is 3.50. The van der Waals surface area contributed by atoms with Crippen LogP contribution in [0.2, 0.25) is 0 Å². The summed E-state index contributed by atoms with van der Waals surface area (Å²) in [5.74, 6) is 0.0459. The highest BCUT2D eigenvalue weighted by Crippen LogP contribution is 2.08. The third kappa shape index (κ3) is 11.7. The van der Waals surface area contributed by atoms with Gasteiger partial charge in [0.15, 0.2) is 0 Å². The quantitative estimate of drug-likeness (QED) is 0.521. The van der Waals surface area contributed by atoms with Gasteiger partial charge in [0.1, 0.15) is 6.61 Å². The zero-order valence-electron chi connectivity index (χ0n) is 11.8. The summed E-state index contributed by atoms with van der Waals surface area (Å²) in [5, 5.41) is 0. The maximum absolute atomic E-state index is 11.2. The lowest BCUT2D eigenvalue weighted by Crippen LogP contribution is -2.26. The molecule has 3 nitrogen and oxygen atoms in total. The van der Waals surface area contributed by atoms with Gasteiger partial charge < -0.3 is 9.64 Å². The van der Waals surface area contributed by atoms with E-state index in [0.717, 1.165) is 6.42 Å².